The number of thiophene rings is 1. The molecule has 0 fully saturated rings. The number of nitrogens with one attached hydrogen (secondary N) is 1. The third kappa shape index (κ3) is 3.55. The maximum absolute atomic E-state index is 4.90. The summed E-state index contributed by atoms with van der Waals surface area (Å²) < 4.78 is 0. The Morgan fingerprint density at radius 2 is 1.67 bits per heavy atom. The predicted molar refractivity (Wildman–Crippen MR) is 125 cm³/mol. The second-order valence-electron chi connectivity index (χ2n) is 7.09. The number of aromatic nitrogens is 3. The first kappa shape index (κ1) is 18.5. The van der Waals surface area contributed by atoms with Gasteiger partial charge in [0.15, 0.2) is 5.82 Å². The normalized spacial score (nSPS) is 11.0. The van der Waals surface area contributed by atoms with Gasteiger partial charge in [0.05, 0.1) is 5.39 Å². The van der Waals surface area contributed by atoms with Crippen molar-refractivity contribution in [2.75, 3.05) is 5.32 Å². The zero-order chi connectivity index (χ0) is 20.3. The molecule has 5 aromatic rings. The van der Waals surface area contributed by atoms with E-state index in [-0.39, 0.29) is 0 Å². The molecule has 0 unspecified atom stereocenters. The fraction of sp³-hybridized carbons (Fsp3) is 0.0800. The zero-order valence-electron chi connectivity index (χ0n) is 16.5. The van der Waals surface area contributed by atoms with E-state index in [0.717, 1.165) is 32.9 Å². The van der Waals surface area contributed by atoms with Crippen LogP contribution in [0.15, 0.2) is 84.4 Å². The summed E-state index contributed by atoms with van der Waals surface area (Å²) in [5.74, 6) is 1.47. The molecule has 0 aliphatic rings. The Morgan fingerprint density at radius 1 is 0.867 bits per heavy atom. The summed E-state index contributed by atoms with van der Waals surface area (Å²) in [5.41, 5.74) is 5.59. The molecular formula is C25H20N4S. The monoisotopic (exact) mass is 408 g/mol. The minimum atomic E-state index is 0.636. The summed E-state index contributed by atoms with van der Waals surface area (Å²) >= 11 is 1.64. The summed E-state index contributed by atoms with van der Waals surface area (Å²) in [5, 5.41) is 6.80. The lowest BCUT2D eigenvalue weighted by molar-refractivity contribution is 1.08. The van der Waals surface area contributed by atoms with Crippen molar-refractivity contribution >= 4 is 27.4 Å². The number of rotatable bonds is 5. The average Bonchev–Trinajstić information content (AvgIpc) is 3.24. The van der Waals surface area contributed by atoms with Crippen LogP contribution in [0.5, 0.6) is 0 Å². The molecular weight excluding hydrogens is 388 g/mol. The van der Waals surface area contributed by atoms with Gasteiger partial charge in [0.1, 0.15) is 16.3 Å². The number of hydrogen-bond acceptors (Lipinski definition) is 5. The molecule has 146 valence electrons. The molecule has 3 aromatic heterocycles. The van der Waals surface area contributed by atoms with Crippen LogP contribution in [0.2, 0.25) is 0 Å². The molecule has 5 heteroatoms. The quantitative estimate of drug-likeness (QED) is 0.369. The van der Waals surface area contributed by atoms with Gasteiger partial charge in [-0.15, -0.1) is 11.3 Å². The van der Waals surface area contributed by atoms with Crippen molar-refractivity contribution in [2.24, 2.45) is 0 Å². The van der Waals surface area contributed by atoms with E-state index >= 15 is 0 Å². The van der Waals surface area contributed by atoms with Crippen LogP contribution in [0.25, 0.3) is 32.9 Å². The van der Waals surface area contributed by atoms with Gasteiger partial charge in [-0.2, -0.15) is 0 Å². The molecule has 0 spiro atoms. The molecule has 0 atom stereocenters. The van der Waals surface area contributed by atoms with Gasteiger partial charge < -0.3 is 5.32 Å². The van der Waals surface area contributed by atoms with Gasteiger partial charge in [-0.25, -0.2) is 9.97 Å². The number of nitrogens with zero attached hydrogens (tertiary/aromatic N) is 3. The lowest BCUT2D eigenvalue weighted by Gasteiger charge is -2.12. The Morgan fingerprint density at radius 3 is 2.47 bits per heavy atom. The van der Waals surface area contributed by atoms with Gasteiger partial charge in [0.2, 0.25) is 0 Å². The van der Waals surface area contributed by atoms with E-state index in [9.17, 15) is 0 Å². The summed E-state index contributed by atoms with van der Waals surface area (Å²) in [7, 11) is 0. The summed E-state index contributed by atoms with van der Waals surface area (Å²) in [4.78, 5) is 15.1. The van der Waals surface area contributed by atoms with Crippen molar-refractivity contribution in [2.45, 2.75) is 13.5 Å². The van der Waals surface area contributed by atoms with Crippen molar-refractivity contribution in [3.8, 4) is 22.6 Å². The van der Waals surface area contributed by atoms with Gasteiger partial charge in [0.25, 0.3) is 0 Å². The molecule has 30 heavy (non-hydrogen) atoms. The van der Waals surface area contributed by atoms with E-state index in [0.29, 0.717) is 12.4 Å². The van der Waals surface area contributed by atoms with E-state index in [1.165, 1.54) is 11.1 Å². The molecule has 0 amide bonds. The van der Waals surface area contributed by atoms with Crippen LogP contribution < -0.4 is 5.32 Å². The Bertz CT molecular complexity index is 1300. The lowest BCUT2D eigenvalue weighted by Crippen LogP contribution is -2.05. The smallest absolute Gasteiger partial charge is 0.181 e. The van der Waals surface area contributed by atoms with Gasteiger partial charge in [-0.1, -0.05) is 60.7 Å². The second kappa shape index (κ2) is 8.05. The maximum atomic E-state index is 4.90. The molecule has 0 saturated heterocycles. The van der Waals surface area contributed by atoms with Crippen molar-refractivity contribution in [3.63, 3.8) is 0 Å². The van der Waals surface area contributed by atoms with Gasteiger partial charge >= 0.3 is 0 Å². The van der Waals surface area contributed by atoms with E-state index in [1.54, 1.807) is 17.5 Å². The fourth-order valence-electron chi connectivity index (χ4n) is 3.50. The number of fused-ring (bicyclic) bond motifs is 1. The van der Waals surface area contributed by atoms with Gasteiger partial charge in [-0.3, -0.25) is 4.98 Å². The van der Waals surface area contributed by atoms with Crippen LogP contribution in [0.3, 0.4) is 0 Å². The molecule has 5 rings (SSSR count). The minimum Gasteiger partial charge on any atom is -0.365 e. The highest BCUT2D eigenvalue weighted by atomic mass is 32.1. The molecule has 0 saturated carbocycles. The first-order valence-corrected chi connectivity index (χ1v) is 10.7. The summed E-state index contributed by atoms with van der Waals surface area (Å²) in [6.07, 6.45) is 1.77. The highest BCUT2D eigenvalue weighted by Gasteiger charge is 2.16. The topological polar surface area (TPSA) is 50.7 Å². The molecule has 2 aromatic carbocycles. The van der Waals surface area contributed by atoms with Gasteiger partial charge in [-0.05, 0) is 35.7 Å². The van der Waals surface area contributed by atoms with Crippen LogP contribution in [0.4, 0.5) is 5.82 Å². The number of aryl methyl sites for hydroxylation is 1. The number of pyridine rings is 1. The lowest BCUT2D eigenvalue weighted by atomic mass is 10.1. The highest BCUT2D eigenvalue weighted by molar-refractivity contribution is 7.17. The molecule has 0 bridgehead atoms. The molecule has 0 radical (unpaired) electrons. The van der Waals surface area contributed by atoms with Crippen molar-refractivity contribution in [1.82, 2.24) is 15.0 Å². The third-order valence-corrected chi connectivity index (χ3v) is 5.99. The predicted octanol–water partition coefficient (Wildman–Crippen LogP) is 6.34. The molecule has 0 aliphatic heterocycles. The zero-order valence-corrected chi connectivity index (χ0v) is 17.4. The van der Waals surface area contributed by atoms with Crippen molar-refractivity contribution in [1.29, 1.82) is 0 Å². The Labute approximate surface area is 179 Å². The highest BCUT2D eigenvalue weighted by Crippen LogP contribution is 2.38. The van der Waals surface area contributed by atoms with Crippen LogP contribution in [0.1, 0.15) is 11.1 Å². The van der Waals surface area contributed by atoms with Crippen molar-refractivity contribution in [3.05, 3.63) is 95.5 Å². The minimum absolute atomic E-state index is 0.636. The van der Waals surface area contributed by atoms with E-state index < -0.39 is 0 Å². The Balaban J connectivity index is 1.64. The van der Waals surface area contributed by atoms with Gasteiger partial charge in [0, 0.05) is 23.7 Å². The molecule has 3 heterocycles. The fourth-order valence-corrected chi connectivity index (χ4v) is 4.44. The SMILES string of the molecule is Cc1ccccc1CNc1nc(-c2ccccn2)nc2scc(-c3ccccc3)c12. The Hall–Kier alpha value is -3.57. The summed E-state index contributed by atoms with van der Waals surface area (Å²) in [6.45, 7) is 2.83. The number of anilines is 1. The first-order valence-electron chi connectivity index (χ1n) is 9.84. The molecule has 1 N–H and O–H groups in total. The maximum Gasteiger partial charge on any atom is 0.181 e. The number of benzene rings is 2. The third-order valence-electron chi connectivity index (χ3n) is 5.12. The van der Waals surface area contributed by atoms with Crippen molar-refractivity contribution < 1.29 is 0 Å². The van der Waals surface area contributed by atoms with Crippen LogP contribution >= 0.6 is 11.3 Å². The standard InChI is InChI=1S/C25H20N4S/c1-17-9-5-6-12-19(17)15-27-24-22-20(18-10-3-2-4-11-18)16-30-25(22)29-23(28-24)21-13-7-8-14-26-21/h2-14,16H,15H2,1H3,(H,27,28,29). The van der Waals surface area contributed by atoms with E-state index in [4.69, 9.17) is 9.97 Å². The average molecular weight is 409 g/mol. The first-order chi connectivity index (χ1) is 14.8. The number of hydrogen-bond donors (Lipinski definition) is 1. The molecule has 4 nitrogen and oxygen atoms in total. The second-order valence-corrected chi connectivity index (χ2v) is 7.94. The Kier molecular flexibility index (Phi) is 4.95. The van der Waals surface area contributed by atoms with Crippen LogP contribution in [-0.4, -0.2) is 15.0 Å². The summed E-state index contributed by atoms with van der Waals surface area (Å²) in [6, 6.07) is 24.6. The van der Waals surface area contributed by atoms with Crippen LogP contribution in [0, 0.1) is 6.92 Å². The van der Waals surface area contributed by atoms with Crippen LogP contribution in [-0.2, 0) is 6.54 Å². The molecule has 0 aliphatic carbocycles. The largest absolute Gasteiger partial charge is 0.365 e. The van der Waals surface area contributed by atoms with E-state index in [2.05, 4.69) is 71.1 Å². The van der Waals surface area contributed by atoms with E-state index in [1.807, 2.05) is 24.3 Å².